The standard InChI is InChI=1S/C13H21N7O/c1-10(2)6-11(13-15-8-16-19(13)3)18-12(21)4-5-20-9-14-7-17-20/h7-11H,4-6H2,1-3H3,(H,18,21)/t11-/m1/s1. The van der Waals surface area contributed by atoms with Gasteiger partial charge in [-0.25, -0.2) is 9.97 Å². The van der Waals surface area contributed by atoms with Crippen LogP contribution < -0.4 is 5.32 Å². The molecule has 0 aromatic carbocycles. The molecule has 0 aliphatic heterocycles. The van der Waals surface area contributed by atoms with Crippen molar-refractivity contribution >= 4 is 5.91 Å². The van der Waals surface area contributed by atoms with Crippen molar-refractivity contribution in [3.63, 3.8) is 0 Å². The summed E-state index contributed by atoms with van der Waals surface area (Å²) in [6, 6.07) is -0.124. The quantitative estimate of drug-likeness (QED) is 0.811. The molecule has 1 atom stereocenters. The molecule has 2 aromatic rings. The zero-order chi connectivity index (χ0) is 15.2. The molecular formula is C13H21N7O. The van der Waals surface area contributed by atoms with Crippen molar-refractivity contribution in [1.82, 2.24) is 34.8 Å². The minimum absolute atomic E-state index is 0.0286. The zero-order valence-corrected chi connectivity index (χ0v) is 12.6. The van der Waals surface area contributed by atoms with Crippen molar-refractivity contribution in [2.45, 2.75) is 39.3 Å². The Morgan fingerprint density at radius 2 is 2.14 bits per heavy atom. The Morgan fingerprint density at radius 3 is 2.71 bits per heavy atom. The number of aryl methyl sites for hydroxylation is 2. The summed E-state index contributed by atoms with van der Waals surface area (Å²) in [6.07, 6.45) is 5.74. The summed E-state index contributed by atoms with van der Waals surface area (Å²) >= 11 is 0. The maximum absolute atomic E-state index is 12.1. The Hall–Kier alpha value is -2.25. The van der Waals surface area contributed by atoms with Gasteiger partial charge in [0.15, 0.2) is 0 Å². The highest BCUT2D eigenvalue weighted by Gasteiger charge is 2.20. The third-order valence-electron chi connectivity index (χ3n) is 3.13. The van der Waals surface area contributed by atoms with Crippen molar-refractivity contribution in [3.05, 3.63) is 24.8 Å². The lowest BCUT2D eigenvalue weighted by atomic mass is 10.0. The minimum Gasteiger partial charge on any atom is -0.346 e. The van der Waals surface area contributed by atoms with Crippen molar-refractivity contribution in [3.8, 4) is 0 Å². The number of hydrogen-bond donors (Lipinski definition) is 1. The zero-order valence-electron chi connectivity index (χ0n) is 12.6. The molecular weight excluding hydrogens is 270 g/mol. The molecule has 2 aromatic heterocycles. The summed E-state index contributed by atoms with van der Waals surface area (Å²) in [5.41, 5.74) is 0. The van der Waals surface area contributed by atoms with Gasteiger partial charge in [-0.1, -0.05) is 13.8 Å². The SMILES string of the molecule is CC(C)C[C@@H](NC(=O)CCn1cncn1)c1ncnn1C. The highest BCUT2D eigenvalue weighted by atomic mass is 16.1. The molecule has 114 valence electrons. The van der Waals surface area contributed by atoms with Gasteiger partial charge in [0.05, 0.1) is 12.6 Å². The number of amides is 1. The van der Waals surface area contributed by atoms with Crippen LogP contribution in [0.1, 0.15) is 38.6 Å². The van der Waals surface area contributed by atoms with E-state index in [1.165, 1.54) is 12.7 Å². The summed E-state index contributed by atoms with van der Waals surface area (Å²) in [5, 5.41) is 11.1. The number of nitrogens with one attached hydrogen (secondary N) is 1. The first-order valence-electron chi connectivity index (χ1n) is 7.02. The molecule has 1 N–H and O–H groups in total. The highest BCUT2D eigenvalue weighted by Crippen LogP contribution is 2.18. The van der Waals surface area contributed by atoms with Crippen LogP contribution >= 0.6 is 0 Å². The van der Waals surface area contributed by atoms with E-state index in [1.807, 2.05) is 7.05 Å². The maximum atomic E-state index is 12.1. The number of nitrogens with zero attached hydrogens (tertiary/aromatic N) is 6. The van der Waals surface area contributed by atoms with Gasteiger partial charge < -0.3 is 5.32 Å². The van der Waals surface area contributed by atoms with Crippen LogP contribution in [-0.4, -0.2) is 35.4 Å². The molecule has 0 aliphatic rings. The van der Waals surface area contributed by atoms with Gasteiger partial charge in [-0.05, 0) is 12.3 Å². The van der Waals surface area contributed by atoms with Gasteiger partial charge in [0.25, 0.3) is 0 Å². The molecule has 1 amide bonds. The molecule has 0 saturated carbocycles. The minimum atomic E-state index is -0.124. The van der Waals surface area contributed by atoms with E-state index in [0.29, 0.717) is 18.9 Å². The Kier molecular flexibility index (Phi) is 5.02. The Bertz CT molecular complexity index is 561. The normalized spacial score (nSPS) is 12.6. The highest BCUT2D eigenvalue weighted by molar-refractivity contribution is 5.76. The fourth-order valence-corrected chi connectivity index (χ4v) is 2.15. The van der Waals surface area contributed by atoms with Gasteiger partial charge in [-0.2, -0.15) is 10.2 Å². The molecule has 2 heterocycles. The largest absolute Gasteiger partial charge is 0.346 e. The summed E-state index contributed by atoms with van der Waals surface area (Å²) in [4.78, 5) is 20.2. The molecule has 0 saturated heterocycles. The van der Waals surface area contributed by atoms with Gasteiger partial charge >= 0.3 is 0 Å². The predicted molar refractivity (Wildman–Crippen MR) is 76.0 cm³/mol. The second-order valence-electron chi connectivity index (χ2n) is 5.40. The molecule has 21 heavy (non-hydrogen) atoms. The van der Waals surface area contributed by atoms with Crippen LogP contribution in [-0.2, 0) is 18.4 Å². The number of carbonyl (C=O) groups is 1. The summed E-state index contributed by atoms with van der Waals surface area (Å²) in [7, 11) is 1.83. The van der Waals surface area contributed by atoms with E-state index < -0.39 is 0 Å². The van der Waals surface area contributed by atoms with Crippen LogP contribution in [0.5, 0.6) is 0 Å². The van der Waals surface area contributed by atoms with Gasteiger partial charge in [-0.3, -0.25) is 14.2 Å². The molecule has 0 radical (unpaired) electrons. The Balaban J connectivity index is 1.95. The molecule has 0 spiro atoms. The van der Waals surface area contributed by atoms with E-state index in [0.717, 1.165) is 12.2 Å². The van der Waals surface area contributed by atoms with Gasteiger partial charge in [0, 0.05) is 13.5 Å². The Labute approximate surface area is 123 Å². The summed E-state index contributed by atoms with van der Waals surface area (Å²) < 4.78 is 3.34. The van der Waals surface area contributed by atoms with Crippen LogP contribution in [0.4, 0.5) is 0 Å². The van der Waals surface area contributed by atoms with Gasteiger partial charge in [0.2, 0.25) is 5.91 Å². The summed E-state index contributed by atoms with van der Waals surface area (Å²) in [5.74, 6) is 1.19. The van der Waals surface area contributed by atoms with Crippen molar-refractivity contribution in [2.24, 2.45) is 13.0 Å². The van der Waals surface area contributed by atoms with E-state index >= 15 is 0 Å². The molecule has 0 bridgehead atoms. The third kappa shape index (κ3) is 4.37. The lowest BCUT2D eigenvalue weighted by molar-refractivity contribution is -0.122. The van der Waals surface area contributed by atoms with E-state index in [9.17, 15) is 4.79 Å². The second kappa shape index (κ2) is 6.96. The Morgan fingerprint density at radius 1 is 1.33 bits per heavy atom. The van der Waals surface area contributed by atoms with Crippen LogP contribution in [0.3, 0.4) is 0 Å². The first-order chi connectivity index (χ1) is 10.1. The molecule has 0 fully saturated rings. The average Bonchev–Trinajstić information content (AvgIpc) is 3.06. The van der Waals surface area contributed by atoms with Crippen molar-refractivity contribution in [2.75, 3.05) is 0 Å². The third-order valence-corrected chi connectivity index (χ3v) is 3.13. The fraction of sp³-hybridized carbons (Fsp3) is 0.615. The lowest BCUT2D eigenvalue weighted by Crippen LogP contribution is -2.32. The second-order valence-corrected chi connectivity index (χ2v) is 5.40. The maximum Gasteiger partial charge on any atom is 0.222 e. The van der Waals surface area contributed by atoms with Crippen LogP contribution in [0, 0.1) is 5.92 Å². The molecule has 2 rings (SSSR count). The molecule has 0 aliphatic carbocycles. The first-order valence-corrected chi connectivity index (χ1v) is 7.02. The monoisotopic (exact) mass is 291 g/mol. The topological polar surface area (TPSA) is 90.5 Å². The predicted octanol–water partition coefficient (Wildman–Crippen LogP) is 0.700. The van der Waals surface area contributed by atoms with Gasteiger partial charge in [-0.15, -0.1) is 0 Å². The number of carbonyl (C=O) groups excluding carboxylic acids is 1. The average molecular weight is 291 g/mol. The van der Waals surface area contributed by atoms with E-state index in [4.69, 9.17) is 0 Å². The lowest BCUT2D eigenvalue weighted by Gasteiger charge is -2.19. The van der Waals surface area contributed by atoms with Crippen molar-refractivity contribution < 1.29 is 4.79 Å². The summed E-state index contributed by atoms with van der Waals surface area (Å²) in [6.45, 7) is 4.74. The molecule has 8 heteroatoms. The van der Waals surface area contributed by atoms with Crippen LogP contribution in [0.2, 0.25) is 0 Å². The van der Waals surface area contributed by atoms with Crippen LogP contribution in [0.25, 0.3) is 0 Å². The number of hydrogen-bond acceptors (Lipinski definition) is 5. The molecule has 0 unspecified atom stereocenters. The van der Waals surface area contributed by atoms with Crippen molar-refractivity contribution in [1.29, 1.82) is 0 Å². The van der Waals surface area contributed by atoms with Gasteiger partial charge in [0.1, 0.15) is 24.8 Å². The van der Waals surface area contributed by atoms with E-state index in [1.54, 1.807) is 15.7 Å². The number of aromatic nitrogens is 6. The smallest absolute Gasteiger partial charge is 0.222 e. The van der Waals surface area contributed by atoms with E-state index in [2.05, 4.69) is 39.3 Å². The van der Waals surface area contributed by atoms with E-state index in [-0.39, 0.29) is 11.9 Å². The van der Waals surface area contributed by atoms with Crippen LogP contribution in [0.15, 0.2) is 19.0 Å². The number of rotatable bonds is 7. The fourth-order valence-electron chi connectivity index (χ4n) is 2.15. The first kappa shape index (κ1) is 15.1. The molecule has 8 nitrogen and oxygen atoms in total.